The number of rotatable bonds is 5. The third kappa shape index (κ3) is 5.06. The van der Waals surface area contributed by atoms with Crippen molar-refractivity contribution in [2.45, 2.75) is 38.8 Å². The van der Waals surface area contributed by atoms with Crippen molar-refractivity contribution < 1.29 is 5.11 Å². The molecule has 2 unspecified atom stereocenters. The molecule has 0 saturated carbocycles. The van der Waals surface area contributed by atoms with Gasteiger partial charge >= 0.3 is 0 Å². The van der Waals surface area contributed by atoms with E-state index >= 15 is 0 Å². The summed E-state index contributed by atoms with van der Waals surface area (Å²) in [5.74, 6) is 2.37. The fourth-order valence-corrected chi connectivity index (χ4v) is 4.49. The average molecular weight is 396 g/mol. The van der Waals surface area contributed by atoms with Gasteiger partial charge in [-0.15, -0.1) is 0 Å². The molecule has 3 heterocycles. The number of aliphatic hydroxyl groups is 1. The maximum Gasteiger partial charge on any atom is 0.134 e. The highest BCUT2D eigenvalue weighted by atomic mass is 16.3. The van der Waals surface area contributed by atoms with Crippen LogP contribution in [-0.4, -0.2) is 65.3 Å². The highest BCUT2D eigenvalue weighted by molar-refractivity contribution is 5.50. The second-order valence-corrected chi connectivity index (χ2v) is 8.45. The molecular weight excluding hydrogens is 362 g/mol. The standard InChI is InChI=1S/C23H33N5O/c1-19-9-11-26(12-13-27(19)15-20-6-3-2-4-7-20)22-14-23(25-18-24-22)28-10-5-8-21(16-28)17-29/h2-4,6-7,14,18-19,21,29H,5,8-13,15-17H2,1H3. The van der Waals surface area contributed by atoms with Crippen LogP contribution in [0.15, 0.2) is 42.7 Å². The summed E-state index contributed by atoms with van der Waals surface area (Å²) in [6.07, 6.45) is 5.04. The predicted molar refractivity (Wildman–Crippen MR) is 117 cm³/mol. The molecule has 2 saturated heterocycles. The summed E-state index contributed by atoms with van der Waals surface area (Å²) < 4.78 is 0. The van der Waals surface area contributed by atoms with Crippen LogP contribution in [0.1, 0.15) is 31.7 Å². The fourth-order valence-electron chi connectivity index (χ4n) is 4.49. The SMILES string of the molecule is CC1CCN(c2cc(N3CCCC(CO)C3)ncn2)CCN1Cc1ccccc1. The third-order valence-corrected chi connectivity index (χ3v) is 6.39. The summed E-state index contributed by atoms with van der Waals surface area (Å²) in [6.45, 7) is 8.52. The first-order valence-electron chi connectivity index (χ1n) is 10.9. The van der Waals surface area contributed by atoms with Crippen LogP contribution >= 0.6 is 0 Å². The van der Waals surface area contributed by atoms with E-state index in [2.05, 4.69) is 68.0 Å². The van der Waals surface area contributed by atoms with Crippen LogP contribution in [0, 0.1) is 5.92 Å². The molecule has 0 radical (unpaired) electrons. The lowest BCUT2D eigenvalue weighted by atomic mass is 9.99. The molecule has 1 aromatic carbocycles. The molecule has 6 heteroatoms. The summed E-state index contributed by atoms with van der Waals surface area (Å²) in [4.78, 5) is 16.4. The number of piperidine rings is 1. The molecule has 0 bridgehead atoms. The Labute approximate surface area is 174 Å². The maximum absolute atomic E-state index is 9.53. The lowest BCUT2D eigenvalue weighted by Crippen LogP contribution is -2.37. The average Bonchev–Trinajstić information content (AvgIpc) is 2.96. The van der Waals surface area contributed by atoms with Crippen molar-refractivity contribution in [1.29, 1.82) is 0 Å². The van der Waals surface area contributed by atoms with Crippen LogP contribution in [0.2, 0.25) is 0 Å². The Bertz CT molecular complexity index is 771. The summed E-state index contributed by atoms with van der Waals surface area (Å²) in [7, 11) is 0. The van der Waals surface area contributed by atoms with E-state index in [4.69, 9.17) is 0 Å². The maximum atomic E-state index is 9.53. The van der Waals surface area contributed by atoms with Crippen molar-refractivity contribution >= 4 is 11.6 Å². The van der Waals surface area contributed by atoms with Gasteiger partial charge in [-0.3, -0.25) is 4.90 Å². The predicted octanol–water partition coefficient (Wildman–Crippen LogP) is 2.79. The largest absolute Gasteiger partial charge is 0.396 e. The molecule has 29 heavy (non-hydrogen) atoms. The van der Waals surface area contributed by atoms with E-state index in [9.17, 15) is 5.11 Å². The molecule has 1 aromatic heterocycles. The molecule has 156 valence electrons. The Kier molecular flexibility index (Phi) is 6.62. The van der Waals surface area contributed by atoms with Gasteiger partial charge in [0.05, 0.1) is 0 Å². The zero-order valence-electron chi connectivity index (χ0n) is 17.5. The zero-order valence-corrected chi connectivity index (χ0v) is 17.5. The Hall–Kier alpha value is -2.18. The zero-order chi connectivity index (χ0) is 20.1. The van der Waals surface area contributed by atoms with Crippen molar-refractivity contribution in [3.8, 4) is 0 Å². The molecular formula is C23H33N5O. The lowest BCUT2D eigenvalue weighted by molar-refractivity contribution is 0.208. The smallest absolute Gasteiger partial charge is 0.134 e. The van der Waals surface area contributed by atoms with Crippen LogP contribution in [0.4, 0.5) is 11.6 Å². The number of anilines is 2. The number of aliphatic hydroxyl groups excluding tert-OH is 1. The molecule has 0 spiro atoms. The van der Waals surface area contributed by atoms with E-state index in [1.54, 1.807) is 6.33 Å². The third-order valence-electron chi connectivity index (χ3n) is 6.39. The van der Waals surface area contributed by atoms with E-state index in [0.717, 1.165) is 70.2 Å². The molecule has 2 fully saturated rings. The summed E-state index contributed by atoms with van der Waals surface area (Å²) in [6, 6.07) is 13.4. The van der Waals surface area contributed by atoms with Gasteiger partial charge in [0.2, 0.25) is 0 Å². The molecule has 2 aliphatic rings. The monoisotopic (exact) mass is 395 g/mol. The van der Waals surface area contributed by atoms with Crippen LogP contribution in [0.5, 0.6) is 0 Å². The second kappa shape index (κ2) is 9.55. The number of nitrogens with zero attached hydrogens (tertiary/aromatic N) is 5. The molecule has 2 aliphatic heterocycles. The number of hydrogen-bond acceptors (Lipinski definition) is 6. The van der Waals surface area contributed by atoms with Crippen LogP contribution in [-0.2, 0) is 6.54 Å². The van der Waals surface area contributed by atoms with E-state index in [1.807, 2.05) is 0 Å². The molecule has 2 atom stereocenters. The number of hydrogen-bond donors (Lipinski definition) is 1. The number of aromatic nitrogens is 2. The second-order valence-electron chi connectivity index (χ2n) is 8.45. The minimum atomic E-state index is 0.260. The highest BCUT2D eigenvalue weighted by Gasteiger charge is 2.24. The van der Waals surface area contributed by atoms with Crippen molar-refractivity contribution in [2.75, 3.05) is 49.1 Å². The summed E-state index contributed by atoms with van der Waals surface area (Å²) >= 11 is 0. The van der Waals surface area contributed by atoms with Gasteiger partial charge in [-0.2, -0.15) is 0 Å². The van der Waals surface area contributed by atoms with E-state index < -0.39 is 0 Å². The van der Waals surface area contributed by atoms with Crippen LogP contribution in [0.3, 0.4) is 0 Å². The molecule has 6 nitrogen and oxygen atoms in total. The Morgan fingerprint density at radius 3 is 2.55 bits per heavy atom. The quantitative estimate of drug-likeness (QED) is 0.840. The highest BCUT2D eigenvalue weighted by Crippen LogP contribution is 2.25. The lowest BCUT2D eigenvalue weighted by Gasteiger charge is -2.33. The first-order chi connectivity index (χ1) is 14.2. The molecule has 2 aromatic rings. The molecule has 1 N–H and O–H groups in total. The van der Waals surface area contributed by atoms with Crippen molar-refractivity contribution in [2.24, 2.45) is 5.92 Å². The van der Waals surface area contributed by atoms with Gasteiger partial charge in [-0.05, 0) is 37.7 Å². The van der Waals surface area contributed by atoms with Gasteiger partial charge in [0.1, 0.15) is 18.0 Å². The van der Waals surface area contributed by atoms with Crippen LogP contribution in [0.25, 0.3) is 0 Å². The first kappa shape index (κ1) is 20.1. The van der Waals surface area contributed by atoms with Gasteiger partial charge in [0.15, 0.2) is 0 Å². The summed E-state index contributed by atoms with van der Waals surface area (Å²) in [5.41, 5.74) is 1.38. The van der Waals surface area contributed by atoms with Crippen LogP contribution < -0.4 is 9.80 Å². The Morgan fingerprint density at radius 2 is 1.76 bits per heavy atom. The minimum Gasteiger partial charge on any atom is -0.396 e. The molecule has 0 amide bonds. The summed E-state index contributed by atoms with van der Waals surface area (Å²) in [5, 5.41) is 9.53. The topological polar surface area (TPSA) is 55.7 Å². The van der Waals surface area contributed by atoms with Gasteiger partial charge < -0.3 is 14.9 Å². The Balaban J connectivity index is 1.42. The minimum absolute atomic E-state index is 0.260. The van der Waals surface area contributed by atoms with Crippen molar-refractivity contribution in [3.05, 3.63) is 48.3 Å². The van der Waals surface area contributed by atoms with E-state index in [0.29, 0.717) is 12.0 Å². The number of benzene rings is 1. The normalized spacial score (nSPS) is 23.8. The van der Waals surface area contributed by atoms with Gasteiger partial charge in [-0.25, -0.2) is 9.97 Å². The van der Waals surface area contributed by atoms with Crippen molar-refractivity contribution in [3.63, 3.8) is 0 Å². The molecule has 0 aliphatic carbocycles. The van der Waals surface area contributed by atoms with E-state index in [-0.39, 0.29) is 6.61 Å². The first-order valence-corrected chi connectivity index (χ1v) is 10.9. The van der Waals surface area contributed by atoms with Gasteiger partial charge in [-0.1, -0.05) is 30.3 Å². The van der Waals surface area contributed by atoms with Crippen molar-refractivity contribution in [1.82, 2.24) is 14.9 Å². The molecule has 4 rings (SSSR count). The Morgan fingerprint density at radius 1 is 0.966 bits per heavy atom. The van der Waals surface area contributed by atoms with E-state index in [1.165, 1.54) is 5.56 Å². The van der Waals surface area contributed by atoms with Gasteiger partial charge in [0.25, 0.3) is 0 Å². The van der Waals surface area contributed by atoms with Gasteiger partial charge in [0, 0.05) is 58.0 Å². The fraction of sp³-hybridized carbons (Fsp3) is 0.565.